The number of fused-ring (bicyclic) bond motifs is 4. The van der Waals surface area contributed by atoms with Crippen LogP contribution in [0.4, 0.5) is 4.39 Å². The minimum Gasteiger partial charge on any atom is -0.440 e. The van der Waals surface area contributed by atoms with Gasteiger partial charge in [0.15, 0.2) is 11.7 Å². The molecule has 2 unspecified atom stereocenters. The molecule has 0 N–H and O–H groups in total. The van der Waals surface area contributed by atoms with Crippen LogP contribution in [-0.2, 0) is 6.42 Å². The first-order valence-corrected chi connectivity index (χ1v) is 12.9. The molecule has 5 heteroatoms. The normalized spacial score (nSPS) is 24.8. The molecule has 2 heterocycles. The summed E-state index contributed by atoms with van der Waals surface area (Å²) in [6, 6.07) is 16.8. The summed E-state index contributed by atoms with van der Waals surface area (Å²) in [7, 11) is 0. The third kappa shape index (κ3) is 3.33. The van der Waals surface area contributed by atoms with E-state index in [0.29, 0.717) is 11.8 Å². The predicted octanol–water partition coefficient (Wildman–Crippen LogP) is 7.53. The van der Waals surface area contributed by atoms with Gasteiger partial charge in [0.2, 0.25) is 0 Å². The lowest BCUT2D eigenvalue weighted by Crippen LogP contribution is -2.38. The van der Waals surface area contributed by atoms with Gasteiger partial charge in [0, 0.05) is 16.9 Å². The molecule has 0 amide bonds. The van der Waals surface area contributed by atoms with Gasteiger partial charge in [-0.25, -0.2) is 14.1 Å². The van der Waals surface area contributed by atoms with Gasteiger partial charge < -0.3 is 4.42 Å². The molecule has 3 aliphatic carbocycles. The lowest BCUT2D eigenvalue weighted by atomic mass is 9.55. The van der Waals surface area contributed by atoms with E-state index in [-0.39, 0.29) is 11.2 Å². The number of hydrogen-bond acceptors (Lipinski definition) is 3. The van der Waals surface area contributed by atoms with Gasteiger partial charge in [0.25, 0.3) is 0 Å². The van der Waals surface area contributed by atoms with E-state index in [9.17, 15) is 4.39 Å². The highest BCUT2D eigenvalue weighted by Gasteiger charge is 2.47. The van der Waals surface area contributed by atoms with Crippen molar-refractivity contribution in [1.29, 1.82) is 0 Å². The van der Waals surface area contributed by atoms with Gasteiger partial charge in [-0.15, -0.1) is 0 Å². The van der Waals surface area contributed by atoms with Crippen LogP contribution >= 0.6 is 0 Å². The van der Waals surface area contributed by atoms with Crippen LogP contribution < -0.4 is 0 Å². The van der Waals surface area contributed by atoms with Crippen LogP contribution in [0.3, 0.4) is 0 Å². The molecule has 3 aliphatic rings. The first-order chi connectivity index (χ1) is 17.6. The van der Waals surface area contributed by atoms with E-state index in [1.54, 1.807) is 12.1 Å². The van der Waals surface area contributed by atoms with Crippen molar-refractivity contribution in [2.75, 3.05) is 0 Å². The Balaban J connectivity index is 1.21. The summed E-state index contributed by atoms with van der Waals surface area (Å²) in [6.45, 7) is 2.41. The first kappa shape index (κ1) is 21.5. The number of halogens is 1. The molecule has 0 bridgehead atoms. The van der Waals surface area contributed by atoms with Crippen LogP contribution in [0.5, 0.6) is 0 Å². The van der Waals surface area contributed by atoms with E-state index in [0.717, 1.165) is 60.7 Å². The quantitative estimate of drug-likeness (QED) is 0.287. The van der Waals surface area contributed by atoms with Crippen molar-refractivity contribution >= 4 is 6.08 Å². The molecule has 1 fully saturated rings. The zero-order valence-corrected chi connectivity index (χ0v) is 20.3. The Kier molecular flexibility index (Phi) is 4.88. The number of allylic oxidation sites excluding steroid dienone is 3. The van der Waals surface area contributed by atoms with Gasteiger partial charge >= 0.3 is 0 Å². The summed E-state index contributed by atoms with van der Waals surface area (Å²) in [6.07, 6.45) is 13.9. The second-order valence-electron chi connectivity index (χ2n) is 10.5. The molecule has 0 spiro atoms. The highest BCUT2D eigenvalue weighted by atomic mass is 19.1. The van der Waals surface area contributed by atoms with Crippen LogP contribution in [0.2, 0.25) is 0 Å². The fourth-order valence-electron chi connectivity index (χ4n) is 6.70. The van der Waals surface area contributed by atoms with Gasteiger partial charge in [0.05, 0.1) is 23.8 Å². The molecule has 0 aliphatic heterocycles. The molecular formula is C31H28FN3O. The second-order valence-corrected chi connectivity index (χ2v) is 10.5. The van der Waals surface area contributed by atoms with Crippen molar-refractivity contribution in [3.05, 3.63) is 107 Å². The van der Waals surface area contributed by atoms with Crippen molar-refractivity contribution in [1.82, 2.24) is 14.8 Å². The van der Waals surface area contributed by atoms with Gasteiger partial charge in [-0.1, -0.05) is 54.5 Å². The maximum Gasteiger partial charge on any atom is 0.198 e. The fourth-order valence-corrected chi connectivity index (χ4v) is 6.70. The Morgan fingerprint density at radius 1 is 1.00 bits per heavy atom. The SMILES string of the molecule is C[C@]12Cc3cnn(-c4ccc(F)cc4)c3C=C1CCC1C2=CCCC1c1ncc(-c2ccccc2)o1. The monoisotopic (exact) mass is 477 g/mol. The van der Waals surface area contributed by atoms with Crippen molar-refractivity contribution in [3.8, 4) is 17.0 Å². The van der Waals surface area contributed by atoms with E-state index >= 15 is 0 Å². The maximum atomic E-state index is 13.5. The summed E-state index contributed by atoms with van der Waals surface area (Å²) >= 11 is 0. The number of hydrogen-bond donors (Lipinski definition) is 0. The van der Waals surface area contributed by atoms with Crippen LogP contribution in [0, 0.1) is 17.2 Å². The molecule has 36 heavy (non-hydrogen) atoms. The third-order valence-electron chi connectivity index (χ3n) is 8.51. The van der Waals surface area contributed by atoms with Crippen LogP contribution in [-0.4, -0.2) is 14.8 Å². The van der Waals surface area contributed by atoms with Crippen molar-refractivity contribution in [3.63, 3.8) is 0 Å². The number of benzene rings is 2. The second kappa shape index (κ2) is 8.16. The minimum atomic E-state index is -0.232. The molecule has 180 valence electrons. The van der Waals surface area contributed by atoms with Gasteiger partial charge in [-0.3, -0.25) is 0 Å². The zero-order chi connectivity index (χ0) is 24.3. The van der Waals surface area contributed by atoms with Crippen molar-refractivity contribution < 1.29 is 8.81 Å². The molecule has 3 atom stereocenters. The molecule has 0 saturated heterocycles. The summed E-state index contributed by atoms with van der Waals surface area (Å²) in [5.41, 5.74) is 7.33. The molecule has 0 radical (unpaired) electrons. The molecule has 4 nitrogen and oxygen atoms in total. The van der Waals surface area contributed by atoms with Crippen LogP contribution in [0.1, 0.15) is 55.7 Å². The van der Waals surface area contributed by atoms with E-state index in [2.05, 4.69) is 31.2 Å². The maximum absolute atomic E-state index is 13.5. The lowest BCUT2D eigenvalue weighted by molar-refractivity contribution is 0.257. The Hall–Kier alpha value is -3.73. The van der Waals surface area contributed by atoms with Crippen LogP contribution in [0.15, 0.2) is 88.6 Å². The fraction of sp³-hybridized carbons (Fsp3) is 0.290. The standard InChI is InChI=1S/C31H28FN3O/c1-31-17-21-18-34-35(24-13-11-23(32)12-14-24)28(21)16-22(31)10-15-25-26(8-5-9-27(25)31)30-33-19-29(36-30)20-6-3-2-4-7-20/h2-4,6-7,9,11-14,16,18-19,25-26H,5,8,10,15,17H2,1H3/t25?,26?,31-/m0/s1. The highest BCUT2D eigenvalue weighted by Crippen LogP contribution is 2.58. The Labute approximate surface area is 210 Å². The summed E-state index contributed by atoms with van der Waals surface area (Å²) < 4.78 is 21.8. The topological polar surface area (TPSA) is 43.9 Å². The number of rotatable bonds is 3. The molecular weight excluding hydrogens is 449 g/mol. The average molecular weight is 478 g/mol. The van der Waals surface area contributed by atoms with Gasteiger partial charge in [-0.2, -0.15) is 5.10 Å². The zero-order valence-electron chi connectivity index (χ0n) is 20.3. The Bertz CT molecular complexity index is 1490. The third-order valence-corrected chi connectivity index (χ3v) is 8.51. The van der Waals surface area contributed by atoms with Gasteiger partial charge in [-0.05, 0) is 73.9 Å². The number of oxazole rings is 1. The Morgan fingerprint density at radius 2 is 1.83 bits per heavy atom. The van der Waals surface area contributed by atoms with Gasteiger partial charge in [0.1, 0.15) is 5.82 Å². The molecule has 1 saturated carbocycles. The summed E-state index contributed by atoms with van der Waals surface area (Å²) in [5, 5.41) is 4.69. The van der Waals surface area contributed by atoms with E-state index in [4.69, 9.17) is 14.5 Å². The largest absolute Gasteiger partial charge is 0.440 e. The number of aromatic nitrogens is 3. The van der Waals surface area contributed by atoms with Crippen molar-refractivity contribution in [2.24, 2.45) is 11.3 Å². The van der Waals surface area contributed by atoms with Crippen LogP contribution in [0.25, 0.3) is 23.1 Å². The lowest BCUT2D eigenvalue weighted by Gasteiger charge is -2.48. The summed E-state index contributed by atoms with van der Waals surface area (Å²) in [5.74, 6) is 2.24. The Morgan fingerprint density at radius 3 is 2.67 bits per heavy atom. The summed E-state index contributed by atoms with van der Waals surface area (Å²) in [4.78, 5) is 4.76. The smallest absolute Gasteiger partial charge is 0.198 e. The minimum absolute atomic E-state index is 0.0138. The number of nitrogens with zero attached hydrogens (tertiary/aromatic N) is 3. The molecule has 4 aromatic rings. The predicted molar refractivity (Wildman–Crippen MR) is 138 cm³/mol. The van der Waals surface area contributed by atoms with E-state index in [1.165, 1.54) is 28.8 Å². The first-order valence-electron chi connectivity index (χ1n) is 12.9. The molecule has 2 aromatic heterocycles. The van der Waals surface area contributed by atoms with E-state index < -0.39 is 0 Å². The highest BCUT2D eigenvalue weighted by molar-refractivity contribution is 5.64. The molecule has 7 rings (SSSR count). The average Bonchev–Trinajstić information content (AvgIpc) is 3.55. The molecule has 2 aromatic carbocycles. The van der Waals surface area contributed by atoms with Crippen molar-refractivity contribution in [2.45, 2.75) is 44.9 Å². The van der Waals surface area contributed by atoms with E-state index in [1.807, 2.05) is 35.3 Å².